The summed E-state index contributed by atoms with van der Waals surface area (Å²) in [7, 11) is 0. The Bertz CT molecular complexity index is 905. The van der Waals surface area contributed by atoms with Gasteiger partial charge < -0.3 is 20.1 Å². The fraction of sp³-hybridized carbons (Fsp3) is 0.368. The summed E-state index contributed by atoms with van der Waals surface area (Å²) < 4.78 is 1.48. The summed E-state index contributed by atoms with van der Waals surface area (Å²) in [6, 6.07) is 8.41. The van der Waals surface area contributed by atoms with Crippen LogP contribution in [0.3, 0.4) is 0 Å². The van der Waals surface area contributed by atoms with E-state index in [0.29, 0.717) is 43.9 Å². The van der Waals surface area contributed by atoms with Crippen LogP contribution >= 0.6 is 0 Å². The second-order valence-electron chi connectivity index (χ2n) is 6.68. The first kappa shape index (κ1) is 18.6. The van der Waals surface area contributed by atoms with Crippen molar-refractivity contribution in [3.63, 3.8) is 0 Å². The molecule has 2 aromatic rings. The average Bonchev–Trinajstić information content (AvgIpc) is 2.69. The Balaban J connectivity index is 1.66. The molecule has 0 aromatic carbocycles. The van der Waals surface area contributed by atoms with Crippen molar-refractivity contribution in [2.24, 2.45) is 5.73 Å². The molecule has 1 atom stereocenters. The number of hydrogen-bond donors (Lipinski definition) is 1. The molecular formula is C19H22N6O2. The maximum absolute atomic E-state index is 12.8. The van der Waals surface area contributed by atoms with Gasteiger partial charge in [0, 0.05) is 57.2 Å². The monoisotopic (exact) mass is 366 g/mol. The number of nitrogens with two attached hydrogens (primary N) is 1. The first-order valence-corrected chi connectivity index (χ1v) is 8.84. The van der Waals surface area contributed by atoms with Crippen LogP contribution in [0.15, 0.2) is 41.5 Å². The van der Waals surface area contributed by atoms with E-state index in [4.69, 9.17) is 11.0 Å². The van der Waals surface area contributed by atoms with E-state index >= 15 is 0 Å². The van der Waals surface area contributed by atoms with Crippen LogP contribution in [-0.4, -0.2) is 52.6 Å². The van der Waals surface area contributed by atoms with Crippen LogP contribution in [0.5, 0.6) is 0 Å². The Morgan fingerprint density at radius 2 is 2.00 bits per heavy atom. The van der Waals surface area contributed by atoms with Crippen molar-refractivity contribution in [3.05, 3.63) is 58.1 Å². The second kappa shape index (κ2) is 8.01. The number of carbonyl (C=O) groups is 1. The lowest BCUT2D eigenvalue weighted by Crippen LogP contribution is -2.49. The third-order valence-corrected chi connectivity index (χ3v) is 4.48. The van der Waals surface area contributed by atoms with Crippen LogP contribution < -0.4 is 16.2 Å². The highest BCUT2D eigenvalue weighted by atomic mass is 16.2. The van der Waals surface area contributed by atoms with Crippen molar-refractivity contribution in [2.75, 3.05) is 31.1 Å². The summed E-state index contributed by atoms with van der Waals surface area (Å²) >= 11 is 0. The van der Waals surface area contributed by atoms with Gasteiger partial charge in [0.1, 0.15) is 11.9 Å². The highest BCUT2D eigenvalue weighted by Gasteiger charge is 2.23. The number of rotatable bonds is 4. The zero-order valence-corrected chi connectivity index (χ0v) is 15.2. The largest absolute Gasteiger partial charge is 0.353 e. The minimum absolute atomic E-state index is 0.0964. The van der Waals surface area contributed by atoms with Gasteiger partial charge in [-0.15, -0.1) is 0 Å². The Morgan fingerprint density at radius 1 is 1.26 bits per heavy atom. The Hall–Kier alpha value is -3.18. The standard InChI is InChI=1S/C19H22N6O2/c1-14(21)12-25-13-16(3-5-18(25)26)19(27)24-8-6-23(7-9-24)17-4-2-15(10-20)11-22-17/h2-5,11,13-14H,6-9,12,21H2,1H3/t14-/m0/s1. The molecule has 27 heavy (non-hydrogen) atoms. The average molecular weight is 366 g/mol. The lowest BCUT2D eigenvalue weighted by atomic mass is 10.2. The summed E-state index contributed by atoms with van der Waals surface area (Å²) in [4.78, 5) is 32.8. The van der Waals surface area contributed by atoms with E-state index in [1.54, 1.807) is 29.4 Å². The van der Waals surface area contributed by atoms with Crippen molar-refractivity contribution in [2.45, 2.75) is 19.5 Å². The van der Waals surface area contributed by atoms with Crippen molar-refractivity contribution in [1.29, 1.82) is 5.26 Å². The quantitative estimate of drug-likeness (QED) is 0.840. The topological polar surface area (TPSA) is 108 Å². The molecule has 3 rings (SSSR count). The summed E-state index contributed by atoms with van der Waals surface area (Å²) in [5, 5.41) is 8.85. The molecule has 2 aromatic heterocycles. The number of nitrogens with zero attached hydrogens (tertiary/aromatic N) is 5. The van der Waals surface area contributed by atoms with Gasteiger partial charge in [-0.3, -0.25) is 9.59 Å². The number of piperazine rings is 1. The van der Waals surface area contributed by atoms with Crippen molar-refractivity contribution in [3.8, 4) is 6.07 Å². The van der Waals surface area contributed by atoms with Gasteiger partial charge in [0.25, 0.3) is 11.5 Å². The molecule has 8 heteroatoms. The highest BCUT2D eigenvalue weighted by molar-refractivity contribution is 5.94. The molecule has 3 heterocycles. The van der Waals surface area contributed by atoms with Gasteiger partial charge in [-0.2, -0.15) is 5.26 Å². The molecule has 1 amide bonds. The summed E-state index contributed by atoms with van der Waals surface area (Å²) in [5.41, 5.74) is 6.61. The minimum atomic E-state index is -0.170. The van der Waals surface area contributed by atoms with Crippen LogP contribution in [0.25, 0.3) is 0 Å². The fourth-order valence-corrected chi connectivity index (χ4v) is 3.07. The molecule has 8 nitrogen and oxygen atoms in total. The first-order valence-electron chi connectivity index (χ1n) is 8.84. The maximum Gasteiger partial charge on any atom is 0.255 e. The van der Waals surface area contributed by atoms with E-state index in [1.165, 1.54) is 10.6 Å². The molecule has 1 saturated heterocycles. The van der Waals surface area contributed by atoms with Gasteiger partial charge in [0.15, 0.2) is 0 Å². The highest BCUT2D eigenvalue weighted by Crippen LogP contribution is 2.15. The number of anilines is 1. The third-order valence-electron chi connectivity index (χ3n) is 4.48. The maximum atomic E-state index is 12.8. The van der Waals surface area contributed by atoms with E-state index in [-0.39, 0.29) is 17.5 Å². The normalized spacial score (nSPS) is 15.3. The smallest absolute Gasteiger partial charge is 0.255 e. The first-order chi connectivity index (χ1) is 13.0. The number of pyridine rings is 2. The molecule has 140 valence electrons. The number of carbonyl (C=O) groups excluding carboxylic acids is 1. The van der Waals surface area contributed by atoms with Gasteiger partial charge in [0.2, 0.25) is 0 Å². The number of aromatic nitrogens is 2. The molecule has 0 spiro atoms. The van der Waals surface area contributed by atoms with Gasteiger partial charge in [-0.05, 0) is 25.1 Å². The number of nitriles is 1. The predicted molar refractivity (Wildman–Crippen MR) is 101 cm³/mol. The summed E-state index contributed by atoms with van der Waals surface area (Å²) in [6.07, 6.45) is 3.14. The molecule has 0 bridgehead atoms. The lowest BCUT2D eigenvalue weighted by molar-refractivity contribution is 0.0745. The van der Waals surface area contributed by atoms with E-state index in [2.05, 4.69) is 16.0 Å². The molecule has 1 aliphatic rings. The molecular weight excluding hydrogens is 344 g/mol. The lowest BCUT2D eigenvalue weighted by Gasteiger charge is -2.35. The van der Waals surface area contributed by atoms with Crippen LogP contribution in [-0.2, 0) is 6.54 Å². The van der Waals surface area contributed by atoms with Crippen molar-refractivity contribution < 1.29 is 4.79 Å². The Morgan fingerprint density at radius 3 is 2.59 bits per heavy atom. The molecule has 1 fully saturated rings. The fourth-order valence-electron chi connectivity index (χ4n) is 3.07. The summed E-state index contributed by atoms with van der Waals surface area (Å²) in [5.74, 6) is 0.701. The molecule has 0 radical (unpaired) electrons. The second-order valence-corrected chi connectivity index (χ2v) is 6.68. The van der Waals surface area contributed by atoms with E-state index in [0.717, 1.165) is 5.82 Å². The Labute approximate surface area is 157 Å². The van der Waals surface area contributed by atoms with Crippen molar-refractivity contribution in [1.82, 2.24) is 14.5 Å². The zero-order valence-electron chi connectivity index (χ0n) is 15.2. The number of amides is 1. The molecule has 2 N–H and O–H groups in total. The molecule has 0 aliphatic carbocycles. The van der Waals surface area contributed by atoms with E-state index in [9.17, 15) is 9.59 Å². The predicted octanol–water partition coefficient (Wildman–Crippen LogP) is 0.425. The van der Waals surface area contributed by atoms with E-state index in [1.807, 2.05) is 13.0 Å². The third kappa shape index (κ3) is 4.33. The SMILES string of the molecule is C[C@H](N)Cn1cc(C(=O)N2CCN(c3ccc(C#N)cn3)CC2)ccc1=O. The van der Waals surface area contributed by atoms with E-state index < -0.39 is 0 Å². The van der Waals surface area contributed by atoms with Crippen LogP contribution in [0, 0.1) is 11.3 Å². The van der Waals surface area contributed by atoms with Crippen LogP contribution in [0.1, 0.15) is 22.8 Å². The van der Waals surface area contributed by atoms with Gasteiger partial charge in [-0.25, -0.2) is 4.98 Å². The summed E-state index contributed by atoms with van der Waals surface area (Å²) in [6.45, 7) is 4.63. The van der Waals surface area contributed by atoms with Crippen LogP contribution in [0.2, 0.25) is 0 Å². The zero-order chi connectivity index (χ0) is 19.4. The molecule has 1 aliphatic heterocycles. The molecule has 0 unspecified atom stereocenters. The molecule has 0 saturated carbocycles. The van der Waals surface area contributed by atoms with Gasteiger partial charge in [-0.1, -0.05) is 0 Å². The van der Waals surface area contributed by atoms with Gasteiger partial charge in [0.05, 0.1) is 11.1 Å². The van der Waals surface area contributed by atoms with Crippen LogP contribution in [0.4, 0.5) is 5.82 Å². The number of hydrogen-bond acceptors (Lipinski definition) is 6. The van der Waals surface area contributed by atoms with Crippen molar-refractivity contribution >= 4 is 11.7 Å². The Kier molecular flexibility index (Phi) is 5.52. The minimum Gasteiger partial charge on any atom is -0.353 e. The van der Waals surface area contributed by atoms with Gasteiger partial charge >= 0.3 is 0 Å².